The second-order valence-electron chi connectivity index (χ2n) is 7.11. The lowest BCUT2D eigenvalue weighted by Crippen LogP contribution is -2.54. The van der Waals surface area contributed by atoms with E-state index in [2.05, 4.69) is 6.92 Å². The van der Waals surface area contributed by atoms with Crippen LogP contribution in [0.1, 0.15) is 40.0 Å². The average molecular weight is 368 g/mol. The van der Waals surface area contributed by atoms with Crippen LogP contribution in [0.2, 0.25) is 0 Å². The zero-order valence-corrected chi connectivity index (χ0v) is 16.1. The minimum atomic E-state index is -0.481. The summed E-state index contributed by atoms with van der Waals surface area (Å²) in [6.07, 6.45) is 3.90. The summed E-state index contributed by atoms with van der Waals surface area (Å²) in [5.41, 5.74) is 0.957. The summed E-state index contributed by atoms with van der Waals surface area (Å²) >= 11 is 1.70. The van der Waals surface area contributed by atoms with Crippen molar-refractivity contribution in [2.24, 2.45) is 0 Å². The molecule has 3 fully saturated rings. The number of amides is 2. The van der Waals surface area contributed by atoms with Crippen LogP contribution in [0.4, 0.5) is 0 Å². The van der Waals surface area contributed by atoms with Crippen molar-refractivity contribution in [1.82, 2.24) is 9.80 Å². The Morgan fingerprint density at radius 2 is 1.84 bits per heavy atom. The van der Waals surface area contributed by atoms with Gasteiger partial charge in [-0.3, -0.25) is 9.59 Å². The highest BCUT2D eigenvalue weighted by Gasteiger charge is 2.45. The van der Waals surface area contributed by atoms with Gasteiger partial charge in [0.2, 0.25) is 11.8 Å². The number of hydrogen-bond donors (Lipinski definition) is 0. The van der Waals surface area contributed by atoms with Gasteiger partial charge in [0.1, 0.15) is 6.04 Å². The van der Waals surface area contributed by atoms with E-state index in [1.54, 1.807) is 22.7 Å². The van der Waals surface area contributed by atoms with Crippen molar-refractivity contribution in [3.63, 3.8) is 0 Å². The van der Waals surface area contributed by atoms with Gasteiger partial charge in [0.15, 0.2) is 5.79 Å². The maximum absolute atomic E-state index is 13.1. The smallest absolute Gasteiger partial charge is 0.248 e. The van der Waals surface area contributed by atoms with E-state index in [9.17, 15) is 9.59 Å². The molecule has 0 aromatic carbocycles. The number of carbonyl (C=O) groups excluding carboxylic acids is 2. The first-order valence-electron chi connectivity index (χ1n) is 9.11. The predicted molar refractivity (Wildman–Crippen MR) is 97.1 cm³/mol. The van der Waals surface area contributed by atoms with E-state index in [-0.39, 0.29) is 23.2 Å². The lowest BCUT2D eigenvalue weighted by Gasteiger charge is -2.39. The summed E-state index contributed by atoms with van der Waals surface area (Å²) in [4.78, 5) is 29.4. The number of carbonyl (C=O) groups is 2. The average Bonchev–Trinajstić information content (AvgIpc) is 3.21. The highest BCUT2D eigenvalue weighted by molar-refractivity contribution is 8.00. The number of ether oxygens (including phenoxy) is 2. The van der Waals surface area contributed by atoms with Gasteiger partial charge < -0.3 is 19.3 Å². The minimum absolute atomic E-state index is 0.0499. The molecule has 25 heavy (non-hydrogen) atoms. The SMILES string of the molecule is CCC1SCC(C(=O)N2CCC3(CC2)OCCO3)N1C(=O)C=C(C)C. The Bertz CT molecular complexity index is 545. The second-order valence-corrected chi connectivity index (χ2v) is 8.32. The van der Waals surface area contributed by atoms with Crippen LogP contribution in [-0.2, 0) is 19.1 Å². The Labute approximate surface area is 153 Å². The first-order chi connectivity index (χ1) is 12.0. The van der Waals surface area contributed by atoms with Crippen LogP contribution >= 0.6 is 11.8 Å². The first kappa shape index (κ1) is 18.7. The molecule has 0 aliphatic carbocycles. The van der Waals surface area contributed by atoms with Crippen molar-refractivity contribution in [3.05, 3.63) is 11.6 Å². The predicted octanol–water partition coefficient (Wildman–Crippen LogP) is 2.00. The number of piperidine rings is 1. The maximum atomic E-state index is 13.1. The van der Waals surface area contributed by atoms with E-state index in [1.165, 1.54) is 0 Å². The van der Waals surface area contributed by atoms with E-state index in [1.807, 2.05) is 18.7 Å². The number of rotatable bonds is 3. The molecule has 1 spiro atoms. The number of nitrogens with zero attached hydrogens (tertiary/aromatic N) is 2. The summed E-state index contributed by atoms with van der Waals surface area (Å²) in [7, 11) is 0. The van der Waals surface area contributed by atoms with Gasteiger partial charge in [-0.2, -0.15) is 0 Å². The number of hydrogen-bond acceptors (Lipinski definition) is 5. The third-order valence-electron chi connectivity index (χ3n) is 5.04. The molecule has 3 saturated heterocycles. The quantitative estimate of drug-likeness (QED) is 0.713. The molecule has 3 aliphatic heterocycles. The third-order valence-corrected chi connectivity index (χ3v) is 6.50. The van der Waals surface area contributed by atoms with E-state index >= 15 is 0 Å². The van der Waals surface area contributed by atoms with Crippen molar-refractivity contribution in [2.45, 2.75) is 57.2 Å². The number of likely N-dealkylation sites (tertiary alicyclic amines) is 1. The van der Waals surface area contributed by atoms with Gasteiger partial charge in [-0.15, -0.1) is 11.8 Å². The summed E-state index contributed by atoms with van der Waals surface area (Å²) < 4.78 is 11.5. The summed E-state index contributed by atoms with van der Waals surface area (Å²) in [6, 6.07) is -0.363. The molecule has 3 heterocycles. The van der Waals surface area contributed by atoms with Crippen LogP contribution in [0.3, 0.4) is 0 Å². The summed E-state index contributed by atoms with van der Waals surface area (Å²) in [5, 5.41) is 0.0784. The Balaban J connectivity index is 1.68. The van der Waals surface area contributed by atoms with Gasteiger partial charge >= 0.3 is 0 Å². The van der Waals surface area contributed by atoms with Crippen LogP contribution in [0.5, 0.6) is 0 Å². The Morgan fingerprint density at radius 3 is 2.40 bits per heavy atom. The van der Waals surface area contributed by atoms with Crippen molar-refractivity contribution in [2.75, 3.05) is 32.1 Å². The van der Waals surface area contributed by atoms with E-state index in [0.29, 0.717) is 44.9 Å². The molecule has 0 bridgehead atoms. The molecule has 3 rings (SSSR count). The zero-order chi connectivity index (χ0) is 18.0. The highest BCUT2D eigenvalue weighted by Crippen LogP contribution is 2.35. The Morgan fingerprint density at radius 1 is 1.20 bits per heavy atom. The lowest BCUT2D eigenvalue weighted by atomic mass is 10.0. The van der Waals surface area contributed by atoms with Gasteiger partial charge in [0.25, 0.3) is 0 Å². The molecule has 0 radical (unpaired) electrons. The van der Waals surface area contributed by atoms with Gasteiger partial charge in [0, 0.05) is 37.8 Å². The molecule has 2 unspecified atom stereocenters. The van der Waals surface area contributed by atoms with Crippen molar-refractivity contribution >= 4 is 23.6 Å². The molecule has 7 heteroatoms. The van der Waals surface area contributed by atoms with Crippen LogP contribution < -0.4 is 0 Å². The zero-order valence-electron chi connectivity index (χ0n) is 15.3. The minimum Gasteiger partial charge on any atom is -0.347 e. The van der Waals surface area contributed by atoms with E-state index in [0.717, 1.165) is 12.0 Å². The van der Waals surface area contributed by atoms with Crippen molar-refractivity contribution in [1.29, 1.82) is 0 Å². The first-order valence-corrected chi connectivity index (χ1v) is 10.2. The molecule has 6 nitrogen and oxygen atoms in total. The maximum Gasteiger partial charge on any atom is 0.248 e. The highest BCUT2D eigenvalue weighted by atomic mass is 32.2. The number of allylic oxidation sites excluding steroid dienone is 1. The molecule has 0 aromatic rings. The largest absolute Gasteiger partial charge is 0.347 e. The molecule has 2 amide bonds. The fourth-order valence-electron chi connectivity index (χ4n) is 3.75. The summed E-state index contributed by atoms with van der Waals surface area (Å²) in [5.74, 6) is 0.205. The van der Waals surface area contributed by atoms with Gasteiger partial charge in [-0.1, -0.05) is 12.5 Å². The lowest BCUT2D eigenvalue weighted by molar-refractivity contribution is -0.188. The van der Waals surface area contributed by atoms with Crippen LogP contribution in [0.15, 0.2) is 11.6 Å². The third kappa shape index (κ3) is 3.88. The molecular formula is C18H28N2O4S. The molecule has 0 saturated carbocycles. The second kappa shape index (κ2) is 7.68. The van der Waals surface area contributed by atoms with Crippen LogP contribution in [-0.4, -0.2) is 70.9 Å². The van der Waals surface area contributed by atoms with Gasteiger partial charge in [0.05, 0.1) is 18.6 Å². The molecule has 140 valence electrons. The van der Waals surface area contributed by atoms with Crippen LogP contribution in [0.25, 0.3) is 0 Å². The van der Waals surface area contributed by atoms with Gasteiger partial charge in [-0.05, 0) is 20.3 Å². The monoisotopic (exact) mass is 368 g/mol. The normalized spacial score (nSPS) is 28.4. The molecule has 0 aromatic heterocycles. The summed E-state index contributed by atoms with van der Waals surface area (Å²) in [6.45, 7) is 8.40. The molecular weight excluding hydrogens is 340 g/mol. The fraction of sp³-hybridized carbons (Fsp3) is 0.778. The Kier molecular flexibility index (Phi) is 5.75. The topological polar surface area (TPSA) is 59.1 Å². The standard InChI is InChI=1S/C18H28N2O4S/c1-4-16-20(15(21)11-13(2)3)14(12-25-16)17(22)19-7-5-18(6-8-19)23-9-10-24-18/h11,14,16H,4-10,12H2,1-3H3. The fourth-order valence-corrected chi connectivity index (χ4v) is 5.10. The molecule has 0 N–H and O–H groups in total. The van der Waals surface area contributed by atoms with Crippen molar-refractivity contribution < 1.29 is 19.1 Å². The molecule has 3 aliphatic rings. The Hall–Kier alpha value is -1.05. The van der Waals surface area contributed by atoms with Crippen molar-refractivity contribution in [3.8, 4) is 0 Å². The van der Waals surface area contributed by atoms with E-state index in [4.69, 9.17) is 9.47 Å². The van der Waals surface area contributed by atoms with Crippen LogP contribution in [0, 0.1) is 0 Å². The van der Waals surface area contributed by atoms with E-state index < -0.39 is 5.79 Å². The number of thioether (sulfide) groups is 1. The van der Waals surface area contributed by atoms with Gasteiger partial charge in [-0.25, -0.2) is 0 Å². The molecule has 2 atom stereocenters.